The number of piperidine rings is 1. The minimum atomic E-state index is -3.00. The van der Waals surface area contributed by atoms with Crippen molar-refractivity contribution in [3.63, 3.8) is 0 Å². The number of aromatic nitrogens is 2. The monoisotopic (exact) mass is 591 g/mol. The van der Waals surface area contributed by atoms with Gasteiger partial charge < -0.3 is 24.4 Å². The summed E-state index contributed by atoms with van der Waals surface area (Å²) in [5.74, 6) is -0.782. The highest BCUT2D eigenvalue weighted by molar-refractivity contribution is 5.75. The van der Waals surface area contributed by atoms with Gasteiger partial charge in [0.15, 0.2) is 5.82 Å². The average Bonchev–Trinajstić information content (AvgIpc) is 3.30. The van der Waals surface area contributed by atoms with Gasteiger partial charge in [-0.25, -0.2) is 13.6 Å². The molecule has 2 saturated heterocycles. The maximum Gasteiger partial charge on any atom is 0.318 e. The molecule has 0 bridgehead atoms. The van der Waals surface area contributed by atoms with Crippen molar-refractivity contribution in [1.29, 1.82) is 0 Å². The van der Waals surface area contributed by atoms with Crippen LogP contribution in [0.1, 0.15) is 122 Å². The molecule has 1 N–H and O–H groups in total. The largest absolute Gasteiger partial charge is 0.371 e. The third-order valence-electron chi connectivity index (χ3n) is 10.5. The topological polar surface area (TPSA) is 83.7 Å². The van der Waals surface area contributed by atoms with Gasteiger partial charge in [0.25, 0.3) is 5.92 Å². The second kappa shape index (κ2) is 11.6. The molecule has 0 spiro atoms. The fourth-order valence-corrected chi connectivity index (χ4v) is 8.07. The maximum absolute atomic E-state index is 15.5. The molecule has 2 unspecified atom stereocenters. The van der Waals surface area contributed by atoms with Crippen LogP contribution in [0.2, 0.25) is 0 Å². The summed E-state index contributed by atoms with van der Waals surface area (Å²) in [5.41, 5.74) is -0.130. The van der Waals surface area contributed by atoms with Gasteiger partial charge in [0.05, 0.1) is 12.2 Å². The van der Waals surface area contributed by atoms with Crippen LogP contribution >= 0.6 is 0 Å². The molecule has 0 aromatic carbocycles. The Morgan fingerprint density at radius 1 is 1.07 bits per heavy atom. The van der Waals surface area contributed by atoms with Crippen molar-refractivity contribution in [2.24, 2.45) is 11.3 Å². The number of ether oxygens (including phenoxy) is 1. The molecule has 6 rings (SSSR count). The highest BCUT2D eigenvalue weighted by Gasteiger charge is 2.52. The van der Waals surface area contributed by atoms with Gasteiger partial charge in [-0.3, -0.25) is 0 Å². The molecular formula is C32H51F2N5O3. The number of amides is 2. The van der Waals surface area contributed by atoms with Crippen LogP contribution in [0, 0.1) is 11.3 Å². The SMILES string of the molecule is CC(C)(C)CN1CC[C@H](O[C@H]2CCCC(F)(F)[C@@H]2NC(=O)N2CCC(C)(c3noc(C4CC4)n3)CC2C2CCCC2)C1. The zero-order valence-corrected chi connectivity index (χ0v) is 26.0. The normalized spacial score (nSPS) is 34.7. The van der Waals surface area contributed by atoms with E-state index in [0.29, 0.717) is 37.6 Å². The van der Waals surface area contributed by atoms with Crippen molar-refractivity contribution in [2.45, 2.75) is 146 Å². The first-order valence-electron chi connectivity index (χ1n) is 16.6. The molecule has 236 valence electrons. The fourth-order valence-electron chi connectivity index (χ4n) is 8.07. The number of carbonyl (C=O) groups is 1. The molecule has 5 aliphatic rings. The van der Waals surface area contributed by atoms with E-state index in [1.807, 2.05) is 4.90 Å². The third-order valence-corrected chi connectivity index (χ3v) is 10.5. The zero-order valence-electron chi connectivity index (χ0n) is 26.0. The summed E-state index contributed by atoms with van der Waals surface area (Å²) in [6.45, 7) is 11.9. The number of rotatable bonds is 7. The molecule has 0 radical (unpaired) electrons. The van der Waals surface area contributed by atoms with Crippen LogP contribution in [-0.2, 0) is 10.2 Å². The molecule has 8 nitrogen and oxygen atoms in total. The van der Waals surface area contributed by atoms with Crippen molar-refractivity contribution >= 4 is 6.03 Å². The number of carbonyl (C=O) groups excluding carboxylic acids is 1. The smallest absolute Gasteiger partial charge is 0.318 e. The Hall–Kier alpha value is -1.81. The van der Waals surface area contributed by atoms with Crippen LogP contribution in [0.3, 0.4) is 0 Å². The van der Waals surface area contributed by atoms with E-state index in [1.54, 1.807) is 0 Å². The van der Waals surface area contributed by atoms with Crippen molar-refractivity contribution in [3.05, 3.63) is 11.7 Å². The van der Waals surface area contributed by atoms with E-state index < -0.39 is 18.1 Å². The molecule has 2 amide bonds. The first-order chi connectivity index (χ1) is 19.9. The quantitative estimate of drug-likeness (QED) is 0.403. The number of hydrogen-bond acceptors (Lipinski definition) is 6. The highest BCUT2D eigenvalue weighted by atomic mass is 19.3. The molecule has 1 aromatic heterocycles. The van der Waals surface area contributed by atoms with Crippen molar-refractivity contribution in [2.75, 3.05) is 26.2 Å². The minimum Gasteiger partial charge on any atom is -0.371 e. The van der Waals surface area contributed by atoms with E-state index in [9.17, 15) is 4.79 Å². The number of halogens is 2. The lowest BCUT2D eigenvalue weighted by atomic mass is 9.73. The molecule has 5 atom stereocenters. The standard InChI is InChI=1S/C32H51F2N5O3/c1-30(2,3)20-38-16-13-23(19-38)41-25-10-7-14-32(33,34)26(25)35-29(40)39-17-15-31(4,18-24(39)21-8-5-6-9-21)28-36-27(42-37-28)22-11-12-22/h21-26H,5-20H2,1-4H3,(H,35,40)/t23-,24?,25-,26+,31?/m0/s1. The molecule has 10 heteroatoms. The Kier molecular flexibility index (Phi) is 8.35. The average molecular weight is 592 g/mol. The van der Waals surface area contributed by atoms with E-state index in [-0.39, 0.29) is 35.4 Å². The molecular weight excluding hydrogens is 540 g/mol. The number of alkyl halides is 2. The summed E-state index contributed by atoms with van der Waals surface area (Å²) in [7, 11) is 0. The van der Waals surface area contributed by atoms with E-state index in [0.717, 1.165) is 82.7 Å². The van der Waals surface area contributed by atoms with Gasteiger partial charge in [0, 0.05) is 50.0 Å². The predicted molar refractivity (Wildman–Crippen MR) is 156 cm³/mol. The van der Waals surface area contributed by atoms with E-state index in [1.165, 1.54) is 0 Å². The second-order valence-electron chi connectivity index (χ2n) is 15.5. The zero-order chi connectivity index (χ0) is 29.7. The van der Waals surface area contributed by atoms with Gasteiger partial charge in [0.1, 0.15) is 6.04 Å². The van der Waals surface area contributed by atoms with Crippen molar-refractivity contribution in [1.82, 2.24) is 25.3 Å². The van der Waals surface area contributed by atoms with Crippen LogP contribution < -0.4 is 5.32 Å². The number of hydrogen-bond donors (Lipinski definition) is 1. The van der Waals surface area contributed by atoms with E-state index >= 15 is 8.78 Å². The lowest BCUT2D eigenvalue weighted by molar-refractivity contribution is -0.138. The summed E-state index contributed by atoms with van der Waals surface area (Å²) in [6.07, 6.45) is 8.82. The van der Waals surface area contributed by atoms with Gasteiger partial charge in [-0.05, 0) is 69.1 Å². The highest BCUT2D eigenvalue weighted by Crippen LogP contribution is 2.45. The van der Waals surface area contributed by atoms with Crippen molar-refractivity contribution < 1.29 is 22.8 Å². The summed E-state index contributed by atoms with van der Waals surface area (Å²) in [4.78, 5) is 22.9. The van der Waals surface area contributed by atoms with Crippen molar-refractivity contribution in [3.8, 4) is 0 Å². The third kappa shape index (κ3) is 6.64. The van der Waals surface area contributed by atoms with E-state index in [4.69, 9.17) is 14.2 Å². The summed E-state index contributed by atoms with van der Waals surface area (Å²) < 4.78 is 43.0. The van der Waals surface area contributed by atoms with Crippen LogP contribution in [-0.4, -0.2) is 82.4 Å². The molecule has 3 aliphatic carbocycles. The van der Waals surface area contributed by atoms with Gasteiger partial charge in [-0.2, -0.15) is 4.98 Å². The Morgan fingerprint density at radius 2 is 1.83 bits per heavy atom. The lowest BCUT2D eigenvalue weighted by Crippen LogP contribution is -2.63. The van der Waals surface area contributed by atoms with Crippen LogP contribution in [0.4, 0.5) is 13.6 Å². The van der Waals surface area contributed by atoms with Gasteiger partial charge >= 0.3 is 6.03 Å². The second-order valence-corrected chi connectivity index (χ2v) is 15.5. The Morgan fingerprint density at radius 3 is 2.55 bits per heavy atom. The molecule has 42 heavy (non-hydrogen) atoms. The Labute approximate surface area is 249 Å². The first-order valence-corrected chi connectivity index (χ1v) is 16.6. The minimum absolute atomic E-state index is 0.0357. The molecule has 5 fully saturated rings. The summed E-state index contributed by atoms with van der Waals surface area (Å²) >= 11 is 0. The van der Waals surface area contributed by atoms with Crippen LogP contribution in [0.5, 0.6) is 0 Å². The summed E-state index contributed by atoms with van der Waals surface area (Å²) in [6, 6.07) is -1.72. The fraction of sp³-hybridized carbons (Fsp3) is 0.906. The lowest BCUT2D eigenvalue weighted by Gasteiger charge is -2.47. The van der Waals surface area contributed by atoms with Gasteiger partial charge in [-0.15, -0.1) is 0 Å². The molecule has 2 aliphatic heterocycles. The first kappa shape index (κ1) is 30.2. The number of likely N-dealkylation sites (tertiary alicyclic amines) is 2. The molecule has 3 heterocycles. The van der Waals surface area contributed by atoms with Gasteiger partial charge in [-0.1, -0.05) is 45.7 Å². The number of urea groups is 1. The predicted octanol–water partition coefficient (Wildman–Crippen LogP) is 6.26. The molecule has 1 aromatic rings. The van der Waals surface area contributed by atoms with E-state index in [2.05, 4.69) is 43.1 Å². The Balaban J connectivity index is 1.15. The van der Waals surface area contributed by atoms with Crippen LogP contribution in [0.25, 0.3) is 0 Å². The summed E-state index contributed by atoms with van der Waals surface area (Å²) in [5, 5.41) is 7.22. The molecule has 3 saturated carbocycles. The van der Waals surface area contributed by atoms with Crippen LogP contribution in [0.15, 0.2) is 4.52 Å². The van der Waals surface area contributed by atoms with Gasteiger partial charge in [0.2, 0.25) is 5.89 Å². The maximum atomic E-state index is 15.5. The Bertz CT molecular complexity index is 1100. The number of nitrogens with one attached hydrogen (secondary N) is 1. The number of nitrogens with zero attached hydrogens (tertiary/aromatic N) is 4.